The summed E-state index contributed by atoms with van der Waals surface area (Å²) >= 11 is 0. The average molecular weight is 279 g/mol. The van der Waals surface area contributed by atoms with E-state index in [-0.39, 0.29) is 17.7 Å². The molecule has 0 fully saturated rings. The predicted octanol–water partition coefficient (Wildman–Crippen LogP) is 0.896. The van der Waals surface area contributed by atoms with Crippen molar-refractivity contribution in [1.82, 2.24) is 5.32 Å². The summed E-state index contributed by atoms with van der Waals surface area (Å²) in [6.45, 7) is 2.52. The molecule has 6 N–H and O–H groups in total. The highest BCUT2D eigenvalue weighted by atomic mass is 16.3. The number of aromatic hydroxyl groups is 1. The summed E-state index contributed by atoms with van der Waals surface area (Å²) in [6.07, 6.45) is 2.97. The van der Waals surface area contributed by atoms with E-state index in [0.717, 1.165) is 18.4 Å². The van der Waals surface area contributed by atoms with Crippen molar-refractivity contribution >= 4 is 5.91 Å². The molecule has 0 heterocycles. The van der Waals surface area contributed by atoms with Crippen LogP contribution in [0.4, 0.5) is 0 Å². The number of hydrogen-bond donors (Lipinski definition) is 4. The lowest BCUT2D eigenvalue weighted by Gasteiger charge is -2.18. The molecule has 0 spiro atoms. The van der Waals surface area contributed by atoms with Gasteiger partial charge in [-0.05, 0) is 44.4 Å². The molecule has 5 heteroatoms. The first-order chi connectivity index (χ1) is 9.54. The van der Waals surface area contributed by atoms with Crippen LogP contribution in [0.3, 0.4) is 0 Å². The van der Waals surface area contributed by atoms with Crippen molar-refractivity contribution in [2.75, 3.05) is 6.54 Å². The molecule has 0 aromatic heterocycles. The van der Waals surface area contributed by atoms with Crippen LogP contribution in [-0.2, 0) is 11.2 Å². The summed E-state index contributed by atoms with van der Waals surface area (Å²) in [5.74, 6) is 0.103. The van der Waals surface area contributed by atoms with E-state index in [4.69, 9.17) is 11.5 Å². The number of amides is 1. The van der Waals surface area contributed by atoms with Crippen molar-refractivity contribution in [3.63, 3.8) is 0 Å². The Morgan fingerprint density at radius 2 is 2.05 bits per heavy atom. The Labute approximate surface area is 120 Å². The van der Waals surface area contributed by atoms with Crippen LogP contribution in [0.5, 0.6) is 5.75 Å². The van der Waals surface area contributed by atoms with E-state index in [2.05, 4.69) is 5.32 Å². The minimum absolute atomic E-state index is 0.0728. The third-order valence-electron chi connectivity index (χ3n) is 3.21. The minimum atomic E-state index is -0.492. The van der Waals surface area contributed by atoms with Gasteiger partial charge in [0.05, 0.1) is 6.04 Å². The molecule has 0 unspecified atom stereocenters. The molecule has 1 amide bonds. The number of para-hydroxylation sites is 1. The molecule has 0 radical (unpaired) electrons. The monoisotopic (exact) mass is 279 g/mol. The van der Waals surface area contributed by atoms with Gasteiger partial charge in [0.25, 0.3) is 0 Å². The number of phenols is 1. The van der Waals surface area contributed by atoms with Crippen LogP contribution in [0.2, 0.25) is 0 Å². The van der Waals surface area contributed by atoms with Crippen LogP contribution in [-0.4, -0.2) is 29.6 Å². The topological polar surface area (TPSA) is 101 Å². The second kappa shape index (κ2) is 8.55. The fourth-order valence-electron chi connectivity index (χ4n) is 2.05. The van der Waals surface area contributed by atoms with Crippen molar-refractivity contribution in [3.8, 4) is 5.75 Å². The molecule has 5 nitrogen and oxygen atoms in total. The summed E-state index contributed by atoms with van der Waals surface area (Å²) in [4.78, 5) is 11.9. The summed E-state index contributed by atoms with van der Waals surface area (Å²) in [5.41, 5.74) is 12.1. The molecule has 0 aliphatic rings. The molecule has 1 aromatic carbocycles. The fourth-order valence-corrected chi connectivity index (χ4v) is 2.05. The van der Waals surface area contributed by atoms with Gasteiger partial charge >= 0.3 is 0 Å². The number of carbonyl (C=O) groups excluding carboxylic acids is 1. The van der Waals surface area contributed by atoms with E-state index < -0.39 is 6.04 Å². The second-order valence-electron chi connectivity index (χ2n) is 5.13. The van der Waals surface area contributed by atoms with E-state index in [1.165, 1.54) is 0 Å². The number of carbonyl (C=O) groups is 1. The van der Waals surface area contributed by atoms with Gasteiger partial charge in [-0.25, -0.2) is 0 Å². The molecule has 112 valence electrons. The standard InChI is InChI=1S/C15H25N3O2/c1-11(10-12-6-2-3-8-14(12)19)18-15(20)13(17)7-4-5-9-16/h2-3,6,8,11,13,19H,4-5,7,9-10,16-17H2,1H3,(H,18,20)/t11-,13-/m0/s1. The summed E-state index contributed by atoms with van der Waals surface area (Å²) < 4.78 is 0. The number of rotatable bonds is 8. The average Bonchev–Trinajstić information content (AvgIpc) is 2.41. The smallest absolute Gasteiger partial charge is 0.237 e. The zero-order valence-corrected chi connectivity index (χ0v) is 12.0. The van der Waals surface area contributed by atoms with Gasteiger partial charge in [0.1, 0.15) is 5.75 Å². The molecule has 0 aliphatic carbocycles. The number of nitrogens with two attached hydrogens (primary N) is 2. The molecule has 20 heavy (non-hydrogen) atoms. The Kier molecular flexibility index (Phi) is 7.04. The summed E-state index contributed by atoms with van der Waals surface area (Å²) in [7, 11) is 0. The zero-order chi connectivity index (χ0) is 15.0. The van der Waals surface area contributed by atoms with E-state index in [1.54, 1.807) is 12.1 Å². The van der Waals surface area contributed by atoms with Crippen molar-refractivity contribution in [1.29, 1.82) is 0 Å². The third kappa shape index (κ3) is 5.59. The van der Waals surface area contributed by atoms with E-state index >= 15 is 0 Å². The van der Waals surface area contributed by atoms with Gasteiger partial charge in [-0.3, -0.25) is 4.79 Å². The second-order valence-corrected chi connectivity index (χ2v) is 5.13. The van der Waals surface area contributed by atoms with Crippen LogP contribution < -0.4 is 16.8 Å². The van der Waals surface area contributed by atoms with Gasteiger partial charge in [0.2, 0.25) is 5.91 Å². The Morgan fingerprint density at radius 3 is 2.70 bits per heavy atom. The maximum atomic E-state index is 11.9. The lowest BCUT2D eigenvalue weighted by atomic mass is 10.0. The van der Waals surface area contributed by atoms with E-state index in [9.17, 15) is 9.90 Å². The van der Waals surface area contributed by atoms with Gasteiger partial charge in [-0.1, -0.05) is 24.6 Å². The van der Waals surface area contributed by atoms with Crippen molar-refractivity contribution in [3.05, 3.63) is 29.8 Å². The normalized spacial score (nSPS) is 13.8. The number of benzene rings is 1. The molecule has 2 atom stereocenters. The summed E-state index contributed by atoms with van der Waals surface area (Å²) in [6, 6.07) is 6.56. The largest absolute Gasteiger partial charge is 0.508 e. The van der Waals surface area contributed by atoms with Gasteiger partial charge in [0.15, 0.2) is 0 Å². The Morgan fingerprint density at radius 1 is 1.35 bits per heavy atom. The maximum Gasteiger partial charge on any atom is 0.237 e. The van der Waals surface area contributed by atoms with Crippen LogP contribution in [0.1, 0.15) is 31.7 Å². The number of hydrogen-bond acceptors (Lipinski definition) is 4. The summed E-state index contributed by atoms with van der Waals surface area (Å²) in [5, 5.41) is 12.6. The predicted molar refractivity (Wildman–Crippen MR) is 80.3 cm³/mol. The highest BCUT2D eigenvalue weighted by Gasteiger charge is 2.16. The van der Waals surface area contributed by atoms with E-state index in [0.29, 0.717) is 19.4 Å². The molecule has 1 aromatic rings. The van der Waals surface area contributed by atoms with Crippen molar-refractivity contribution < 1.29 is 9.90 Å². The number of nitrogens with one attached hydrogen (secondary N) is 1. The quantitative estimate of drug-likeness (QED) is 0.531. The lowest BCUT2D eigenvalue weighted by molar-refractivity contribution is -0.123. The molecule has 0 aliphatic heterocycles. The minimum Gasteiger partial charge on any atom is -0.508 e. The molecular weight excluding hydrogens is 254 g/mol. The first-order valence-corrected chi connectivity index (χ1v) is 7.07. The van der Waals surface area contributed by atoms with Gasteiger partial charge in [-0.2, -0.15) is 0 Å². The van der Waals surface area contributed by atoms with Crippen LogP contribution >= 0.6 is 0 Å². The van der Waals surface area contributed by atoms with Crippen LogP contribution in [0.15, 0.2) is 24.3 Å². The Hall–Kier alpha value is -1.59. The molecular formula is C15H25N3O2. The highest BCUT2D eigenvalue weighted by Crippen LogP contribution is 2.17. The van der Waals surface area contributed by atoms with Crippen LogP contribution in [0, 0.1) is 0 Å². The first kappa shape index (κ1) is 16.5. The SMILES string of the molecule is C[C@@H](Cc1ccccc1O)NC(=O)[C@@H](N)CCCCN. The number of unbranched alkanes of at least 4 members (excludes halogenated alkanes) is 1. The number of phenolic OH excluding ortho intramolecular Hbond substituents is 1. The van der Waals surface area contributed by atoms with Crippen molar-refractivity contribution in [2.24, 2.45) is 11.5 Å². The highest BCUT2D eigenvalue weighted by molar-refractivity contribution is 5.81. The zero-order valence-electron chi connectivity index (χ0n) is 12.0. The van der Waals surface area contributed by atoms with Crippen molar-refractivity contribution in [2.45, 2.75) is 44.7 Å². The Balaban J connectivity index is 2.39. The van der Waals surface area contributed by atoms with E-state index in [1.807, 2.05) is 19.1 Å². The Bertz CT molecular complexity index is 423. The fraction of sp³-hybridized carbons (Fsp3) is 0.533. The molecule has 0 bridgehead atoms. The molecule has 0 saturated heterocycles. The van der Waals surface area contributed by atoms with Crippen LogP contribution in [0.25, 0.3) is 0 Å². The van der Waals surface area contributed by atoms with Gasteiger partial charge < -0.3 is 21.9 Å². The maximum absolute atomic E-state index is 11.9. The molecule has 1 rings (SSSR count). The van der Waals surface area contributed by atoms with Gasteiger partial charge in [0, 0.05) is 6.04 Å². The lowest BCUT2D eigenvalue weighted by Crippen LogP contribution is -2.45. The molecule has 0 saturated carbocycles. The third-order valence-corrected chi connectivity index (χ3v) is 3.21. The first-order valence-electron chi connectivity index (χ1n) is 7.07. The van der Waals surface area contributed by atoms with Gasteiger partial charge in [-0.15, -0.1) is 0 Å².